The van der Waals surface area contributed by atoms with Crippen LogP contribution in [0.5, 0.6) is 5.75 Å². The Kier molecular flexibility index (Phi) is 6.11. The molecule has 0 unspecified atom stereocenters. The maximum atomic E-state index is 11.9. The Morgan fingerprint density at radius 1 is 1.40 bits per heavy atom. The van der Waals surface area contributed by atoms with E-state index >= 15 is 0 Å². The molecule has 0 saturated heterocycles. The quantitative estimate of drug-likeness (QED) is 0.616. The van der Waals surface area contributed by atoms with Crippen molar-refractivity contribution >= 4 is 11.6 Å². The Morgan fingerprint density at radius 3 is 2.55 bits per heavy atom. The molecule has 0 atom stereocenters. The van der Waals surface area contributed by atoms with Crippen molar-refractivity contribution in [2.45, 2.75) is 26.8 Å². The number of carbonyl (C=O) groups excluding carboxylic acids is 1. The monoisotopic (exact) mass is 273 g/mol. The van der Waals surface area contributed by atoms with E-state index < -0.39 is 5.91 Å². The summed E-state index contributed by atoms with van der Waals surface area (Å²) in [5.41, 5.74) is 0.650. The zero-order valence-corrected chi connectivity index (χ0v) is 11.9. The van der Waals surface area contributed by atoms with Crippen LogP contribution in [0.4, 0.5) is 5.69 Å². The van der Waals surface area contributed by atoms with Gasteiger partial charge < -0.3 is 15.4 Å². The summed E-state index contributed by atoms with van der Waals surface area (Å²) >= 11 is 0. The van der Waals surface area contributed by atoms with Crippen LogP contribution in [0.2, 0.25) is 0 Å². The number of hydrogen-bond donors (Lipinski definition) is 2. The molecule has 106 valence electrons. The normalized spacial score (nSPS) is 10.8. The van der Waals surface area contributed by atoms with E-state index in [1.54, 1.807) is 24.3 Å². The molecule has 0 saturated carbocycles. The number of nitrogens with one attached hydrogen (secondary N) is 2. The summed E-state index contributed by atoms with van der Waals surface area (Å²) in [5, 5.41) is 14.5. The molecule has 20 heavy (non-hydrogen) atoms. The average molecular weight is 273 g/mol. The second-order valence-corrected chi connectivity index (χ2v) is 4.40. The topological polar surface area (TPSA) is 74.1 Å². The van der Waals surface area contributed by atoms with E-state index in [2.05, 4.69) is 10.6 Å². The van der Waals surface area contributed by atoms with Gasteiger partial charge in [-0.2, -0.15) is 5.26 Å². The molecular formula is C15H19N3O2. The first-order valence-electron chi connectivity index (χ1n) is 6.47. The first-order valence-corrected chi connectivity index (χ1v) is 6.47. The van der Waals surface area contributed by atoms with Crippen molar-refractivity contribution < 1.29 is 9.53 Å². The molecule has 1 aromatic rings. The summed E-state index contributed by atoms with van der Waals surface area (Å²) in [7, 11) is 0. The first kappa shape index (κ1) is 15.6. The molecule has 1 aromatic carbocycles. The highest BCUT2D eigenvalue weighted by Crippen LogP contribution is 2.16. The molecule has 2 N–H and O–H groups in total. The van der Waals surface area contributed by atoms with Crippen molar-refractivity contribution in [2.24, 2.45) is 0 Å². The summed E-state index contributed by atoms with van der Waals surface area (Å²) in [6, 6.07) is 9.02. The fourth-order valence-electron chi connectivity index (χ4n) is 1.40. The highest BCUT2D eigenvalue weighted by atomic mass is 16.5. The van der Waals surface area contributed by atoms with Gasteiger partial charge in [-0.25, -0.2) is 0 Å². The van der Waals surface area contributed by atoms with Gasteiger partial charge in [0.2, 0.25) is 0 Å². The lowest BCUT2D eigenvalue weighted by molar-refractivity contribution is -0.112. The predicted molar refractivity (Wildman–Crippen MR) is 78.2 cm³/mol. The number of ether oxygens (including phenoxy) is 1. The van der Waals surface area contributed by atoms with Crippen LogP contribution in [-0.4, -0.2) is 18.6 Å². The van der Waals surface area contributed by atoms with E-state index in [1.807, 2.05) is 26.8 Å². The summed E-state index contributed by atoms with van der Waals surface area (Å²) < 4.78 is 5.31. The molecule has 0 aliphatic carbocycles. The molecule has 0 aliphatic heterocycles. The van der Waals surface area contributed by atoms with Gasteiger partial charge in [0, 0.05) is 17.9 Å². The molecule has 1 rings (SSSR count). The molecule has 0 heterocycles. The third kappa shape index (κ3) is 5.02. The van der Waals surface area contributed by atoms with Gasteiger partial charge >= 0.3 is 0 Å². The lowest BCUT2D eigenvalue weighted by Gasteiger charge is -2.08. The minimum atomic E-state index is -0.440. The summed E-state index contributed by atoms with van der Waals surface area (Å²) in [6.07, 6.45) is 1.43. The Bertz CT molecular complexity index is 513. The zero-order valence-electron chi connectivity index (χ0n) is 11.9. The van der Waals surface area contributed by atoms with Gasteiger partial charge in [-0.05, 0) is 45.0 Å². The van der Waals surface area contributed by atoms with E-state index in [-0.39, 0.29) is 11.6 Å². The van der Waals surface area contributed by atoms with Crippen LogP contribution in [0.3, 0.4) is 0 Å². The van der Waals surface area contributed by atoms with Crippen molar-refractivity contribution in [3.8, 4) is 11.8 Å². The van der Waals surface area contributed by atoms with Gasteiger partial charge in [0.15, 0.2) is 0 Å². The van der Waals surface area contributed by atoms with Crippen molar-refractivity contribution in [3.63, 3.8) is 0 Å². The molecule has 0 aromatic heterocycles. The zero-order chi connectivity index (χ0) is 15.0. The van der Waals surface area contributed by atoms with E-state index in [1.165, 1.54) is 6.20 Å². The fourth-order valence-corrected chi connectivity index (χ4v) is 1.40. The van der Waals surface area contributed by atoms with Crippen molar-refractivity contribution in [1.82, 2.24) is 5.32 Å². The number of benzene rings is 1. The Hall–Kier alpha value is -2.48. The minimum Gasteiger partial charge on any atom is -0.494 e. The van der Waals surface area contributed by atoms with Crippen LogP contribution in [-0.2, 0) is 4.79 Å². The second kappa shape index (κ2) is 7.85. The lowest BCUT2D eigenvalue weighted by Crippen LogP contribution is -2.20. The van der Waals surface area contributed by atoms with E-state index in [0.29, 0.717) is 12.3 Å². The summed E-state index contributed by atoms with van der Waals surface area (Å²) in [5.74, 6) is 0.299. The van der Waals surface area contributed by atoms with E-state index in [4.69, 9.17) is 10.00 Å². The molecule has 0 fully saturated rings. The Morgan fingerprint density at radius 2 is 2.05 bits per heavy atom. The number of nitrogens with zero attached hydrogens (tertiary/aromatic N) is 1. The number of anilines is 1. The molecule has 0 aliphatic rings. The largest absolute Gasteiger partial charge is 0.494 e. The number of amides is 1. The SMILES string of the molecule is CCOc1ccc(NC(=O)/C(C#N)=C\NC(C)C)cc1. The standard InChI is InChI=1S/C15H19N3O2/c1-4-20-14-7-5-13(6-8-14)18-15(19)12(9-16)10-17-11(2)3/h5-8,10-11,17H,4H2,1-3H3,(H,18,19)/b12-10-. The third-order valence-electron chi connectivity index (χ3n) is 2.35. The Balaban J connectivity index is 2.69. The van der Waals surface area contributed by atoms with Crippen LogP contribution in [0, 0.1) is 11.3 Å². The summed E-state index contributed by atoms with van der Waals surface area (Å²) in [4.78, 5) is 11.9. The molecule has 0 bridgehead atoms. The van der Waals surface area contributed by atoms with E-state index in [0.717, 1.165) is 5.75 Å². The number of rotatable bonds is 6. The third-order valence-corrected chi connectivity index (χ3v) is 2.35. The lowest BCUT2D eigenvalue weighted by atomic mass is 10.2. The van der Waals surface area contributed by atoms with Crippen molar-refractivity contribution in [3.05, 3.63) is 36.0 Å². The second-order valence-electron chi connectivity index (χ2n) is 4.40. The van der Waals surface area contributed by atoms with E-state index in [9.17, 15) is 4.79 Å². The van der Waals surface area contributed by atoms with Gasteiger partial charge in [0.1, 0.15) is 17.4 Å². The van der Waals surface area contributed by atoms with Gasteiger partial charge in [-0.15, -0.1) is 0 Å². The smallest absolute Gasteiger partial charge is 0.267 e. The molecule has 1 amide bonds. The fraction of sp³-hybridized carbons (Fsp3) is 0.333. The van der Waals surface area contributed by atoms with Crippen LogP contribution in [0.25, 0.3) is 0 Å². The van der Waals surface area contributed by atoms with Crippen LogP contribution >= 0.6 is 0 Å². The van der Waals surface area contributed by atoms with Crippen molar-refractivity contribution in [1.29, 1.82) is 5.26 Å². The highest BCUT2D eigenvalue weighted by molar-refractivity contribution is 6.06. The number of hydrogen-bond acceptors (Lipinski definition) is 4. The number of carbonyl (C=O) groups is 1. The summed E-state index contributed by atoms with van der Waals surface area (Å²) in [6.45, 7) is 6.35. The molecular weight excluding hydrogens is 254 g/mol. The van der Waals surface area contributed by atoms with Crippen LogP contribution < -0.4 is 15.4 Å². The van der Waals surface area contributed by atoms with Crippen molar-refractivity contribution in [2.75, 3.05) is 11.9 Å². The first-order chi connectivity index (χ1) is 9.56. The molecule has 0 radical (unpaired) electrons. The molecule has 5 heteroatoms. The maximum absolute atomic E-state index is 11.9. The minimum absolute atomic E-state index is 0.0348. The van der Waals surface area contributed by atoms with Crippen LogP contribution in [0.1, 0.15) is 20.8 Å². The van der Waals surface area contributed by atoms with Gasteiger partial charge in [0.25, 0.3) is 5.91 Å². The number of nitriles is 1. The van der Waals surface area contributed by atoms with Crippen LogP contribution in [0.15, 0.2) is 36.0 Å². The highest BCUT2D eigenvalue weighted by Gasteiger charge is 2.09. The Labute approximate surface area is 119 Å². The maximum Gasteiger partial charge on any atom is 0.267 e. The van der Waals surface area contributed by atoms with Gasteiger partial charge in [-0.1, -0.05) is 0 Å². The average Bonchev–Trinajstić information content (AvgIpc) is 2.41. The van der Waals surface area contributed by atoms with Gasteiger partial charge in [-0.3, -0.25) is 4.79 Å². The predicted octanol–water partition coefficient (Wildman–Crippen LogP) is 2.43. The van der Waals surface area contributed by atoms with Gasteiger partial charge in [0.05, 0.1) is 6.61 Å². The molecule has 0 spiro atoms. The molecule has 5 nitrogen and oxygen atoms in total.